The highest BCUT2D eigenvalue weighted by Crippen LogP contribution is 2.27. The largest absolute Gasteiger partial charge is 0.343 e. The fraction of sp³-hybridized carbons (Fsp3) is 0.0769. The summed E-state index contributed by atoms with van der Waals surface area (Å²) in [5, 5.41) is 1.60. The molecule has 3 aromatic rings. The molecule has 0 N–H and O–H groups in total. The van der Waals surface area contributed by atoms with Crippen molar-refractivity contribution >= 4 is 22.5 Å². The molecule has 0 unspecified atom stereocenters. The minimum absolute atomic E-state index is 0.514. The zero-order valence-electron chi connectivity index (χ0n) is 9.26. The second kappa shape index (κ2) is 3.86. The summed E-state index contributed by atoms with van der Waals surface area (Å²) in [5.74, 6) is 0. The van der Waals surface area contributed by atoms with E-state index in [9.17, 15) is 0 Å². The van der Waals surface area contributed by atoms with Gasteiger partial charge in [0, 0.05) is 42.3 Å². The minimum atomic E-state index is 0.514. The van der Waals surface area contributed by atoms with E-state index in [1.165, 1.54) is 0 Å². The Balaban J connectivity index is 2.28. The van der Waals surface area contributed by atoms with E-state index < -0.39 is 0 Å². The lowest BCUT2D eigenvalue weighted by molar-refractivity contribution is 0.976. The Labute approximate surface area is 104 Å². The van der Waals surface area contributed by atoms with Crippen LogP contribution in [0.25, 0.3) is 22.2 Å². The lowest BCUT2D eigenvalue weighted by Crippen LogP contribution is -1.91. The number of hydrogen-bond donors (Lipinski definition) is 0. The Morgan fingerprint density at radius 3 is 2.71 bits per heavy atom. The van der Waals surface area contributed by atoms with Crippen LogP contribution < -0.4 is 0 Å². The van der Waals surface area contributed by atoms with Crippen molar-refractivity contribution in [1.82, 2.24) is 14.5 Å². The number of fused-ring (bicyclic) bond motifs is 1. The third-order valence-electron chi connectivity index (χ3n) is 2.87. The molecule has 0 saturated heterocycles. The van der Waals surface area contributed by atoms with E-state index in [1.54, 1.807) is 18.6 Å². The summed E-state index contributed by atoms with van der Waals surface area (Å²) in [7, 11) is 2.02. The van der Waals surface area contributed by atoms with Crippen molar-refractivity contribution in [2.24, 2.45) is 7.05 Å². The molecule has 0 aromatic carbocycles. The summed E-state index contributed by atoms with van der Waals surface area (Å²) < 4.78 is 2.11. The van der Waals surface area contributed by atoms with Gasteiger partial charge in [0.05, 0.1) is 5.52 Å². The molecule has 4 heteroatoms. The summed E-state index contributed by atoms with van der Waals surface area (Å²) >= 11 is 5.91. The van der Waals surface area contributed by atoms with Crippen LogP contribution in [-0.2, 0) is 7.05 Å². The van der Waals surface area contributed by atoms with Crippen LogP contribution in [0.5, 0.6) is 0 Å². The highest BCUT2D eigenvalue weighted by Gasteiger charge is 2.08. The monoisotopic (exact) mass is 243 g/mol. The van der Waals surface area contributed by atoms with Crippen LogP contribution in [0.2, 0.25) is 5.15 Å². The highest BCUT2D eigenvalue weighted by molar-refractivity contribution is 6.30. The first kappa shape index (κ1) is 10.3. The van der Waals surface area contributed by atoms with E-state index in [0.29, 0.717) is 5.15 Å². The SMILES string of the molecule is Cn1c(-c2ccncc2)cc2cnc(Cl)cc21. The van der Waals surface area contributed by atoms with E-state index in [4.69, 9.17) is 11.6 Å². The molecule has 17 heavy (non-hydrogen) atoms. The van der Waals surface area contributed by atoms with Gasteiger partial charge < -0.3 is 4.57 Å². The van der Waals surface area contributed by atoms with Crippen LogP contribution in [0, 0.1) is 0 Å². The molecule has 0 bridgehead atoms. The summed E-state index contributed by atoms with van der Waals surface area (Å²) in [6, 6.07) is 7.96. The summed E-state index contributed by atoms with van der Waals surface area (Å²) in [5.41, 5.74) is 3.35. The van der Waals surface area contributed by atoms with Gasteiger partial charge in [0.25, 0.3) is 0 Å². The Kier molecular flexibility index (Phi) is 2.34. The predicted molar refractivity (Wildman–Crippen MR) is 69.0 cm³/mol. The number of rotatable bonds is 1. The van der Waals surface area contributed by atoms with Crippen molar-refractivity contribution in [3.8, 4) is 11.3 Å². The number of halogens is 1. The molecule has 0 radical (unpaired) electrons. The minimum Gasteiger partial charge on any atom is -0.343 e. The molecule has 3 heterocycles. The first-order valence-electron chi connectivity index (χ1n) is 5.27. The molecule has 0 aliphatic carbocycles. The smallest absolute Gasteiger partial charge is 0.131 e. The Hall–Kier alpha value is -1.87. The van der Waals surface area contributed by atoms with Crippen LogP contribution in [0.3, 0.4) is 0 Å². The number of aromatic nitrogens is 3. The van der Waals surface area contributed by atoms with Gasteiger partial charge in [-0.3, -0.25) is 4.98 Å². The molecule has 0 saturated carbocycles. The van der Waals surface area contributed by atoms with Gasteiger partial charge in [-0.1, -0.05) is 11.6 Å². The third-order valence-corrected chi connectivity index (χ3v) is 3.08. The quantitative estimate of drug-likeness (QED) is 0.614. The van der Waals surface area contributed by atoms with Crippen LogP contribution >= 0.6 is 11.6 Å². The lowest BCUT2D eigenvalue weighted by atomic mass is 10.2. The van der Waals surface area contributed by atoms with Gasteiger partial charge in [-0.05, 0) is 24.3 Å². The molecule has 0 aliphatic rings. The topological polar surface area (TPSA) is 30.7 Å². The van der Waals surface area contributed by atoms with Gasteiger partial charge in [0.2, 0.25) is 0 Å². The Bertz CT molecular complexity index is 674. The zero-order valence-corrected chi connectivity index (χ0v) is 10.0. The number of aryl methyl sites for hydroxylation is 1. The first-order chi connectivity index (χ1) is 8.25. The second-order valence-electron chi connectivity index (χ2n) is 3.89. The van der Waals surface area contributed by atoms with E-state index >= 15 is 0 Å². The van der Waals surface area contributed by atoms with Gasteiger partial charge in [0.1, 0.15) is 5.15 Å². The fourth-order valence-corrected chi connectivity index (χ4v) is 2.16. The molecule has 0 aliphatic heterocycles. The molecule has 0 fully saturated rings. The Morgan fingerprint density at radius 1 is 1.18 bits per heavy atom. The zero-order chi connectivity index (χ0) is 11.8. The fourth-order valence-electron chi connectivity index (χ4n) is 2.01. The maximum absolute atomic E-state index is 5.91. The van der Waals surface area contributed by atoms with Crippen molar-refractivity contribution in [3.05, 3.63) is 48.0 Å². The third kappa shape index (κ3) is 1.68. The van der Waals surface area contributed by atoms with Crippen LogP contribution in [0.15, 0.2) is 42.9 Å². The van der Waals surface area contributed by atoms with Crippen molar-refractivity contribution in [2.75, 3.05) is 0 Å². The number of hydrogen-bond acceptors (Lipinski definition) is 2. The first-order valence-corrected chi connectivity index (χ1v) is 5.65. The van der Waals surface area contributed by atoms with Gasteiger partial charge in [-0.2, -0.15) is 0 Å². The Morgan fingerprint density at radius 2 is 1.94 bits per heavy atom. The summed E-state index contributed by atoms with van der Waals surface area (Å²) in [6.45, 7) is 0. The van der Waals surface area contributed by atoms with Crippen LogP contribution in [0.4, 0.5) is 0 Å². The molecule has 0 amide bonds. The van der Waals surface area contributed by atoms with Gasteiger partial charge in [0.15, 0.2) is 0 Å². The normalized spacial score (nSPS) is 10.9. The molecule has 0 atom stereocenters. The summed E-state index contributed by atoms with van der Waals surface area (Å²) in [6.07, 6.45) is 5.37. The van der Waals surface area contributed by atoms with E-state index in [-0.39, 0.29) is 0 Å². The molecule has 0 spiro atoms. The average molecular weight is 244 g/mol. The van der Waals surface area contributed by atoms with E-state index in [2.05, 4.69) is 20.6 Å². The maximum Gasteiger partial charge on any atom is 0.131 e. The predicted octanol–water partition coefficient (Wildman–Crippen LogP) is 3.29. The van der Waals surface area contributed by atoms with Crippen molar-refractivity contribution in [2.45, 2.75) is 0 Å². The number of pyridine rings is 2. The maximum atomic E-state index is 5.91. The molecular formula is C13H10ClN3. The van der Waals surface area contributed by atoms with Crippen molar-refractivity contribution < 1.29 is 0 Å². The van der Waals surface area contributed by atoms with Gasteiger partial charge >= 0.3 is 0 Å². The van der Waals surface area contributed by atoms with E-state index in [0.717, 1.165) is 22.2 Å². The molecule has 3 rings (SSSR count). The van der Waals surface area contributed by atoms with Gasteiger partial charge in [-0.15, -0.1) is 0 Å². The second-order valence-corrected chi connectivity index (χ2v) is 4.28. The average Bonchev–Trinajstić information content (AvgIpc) is 2.68. The van der Waals surface area contributed by atoms with Crippen LogP contribution in [-0.4, -0.2) is 14.5 Å². The standard InChI is InChI=1S/C13H10ClN3/c1-17-11(9-2-4-15-5-3-9)6-10-8-16-13(14)7-12(10)17/h2-8H,1H3. The van der Waals surface area contributed by atoms with Crippen molar-refractivity contribution in [1.29, 1.82) is 0 Å². The summed E-state index contributed by atoms with van der Waals surface area (Å²) in [4.78, 5) is 8.12. The highest BCUT2D eigenvalue weighted by atomic mass is 35.5. The van der Waals surface area contributed by atoms with Gasteiger partial charge in [-0.25, -0.2) is 4.98 Å². The number of nitrogens with zero attached hydrogens (tertiary/aromatic N) is 3. The molecule has 3 aromatic heterocycles. The molecular weight excluding hydrogens is 234 g/mol. The lowest BCUT2D eigenvalue weighted by Gasteiger charge is -2.03. The van der Waals surface area contributed by atoms with E-state index in [1.807, 2.05) is 25.2 Å². The van der Waals surface area contributed by atoms with Crippen LogP contribution in [0.1, 0.15) is 0 Å². The molecule has 84 valence electrons. The molecule has 3 nitrogen and oxygen atoms in total. The van der Waals surface area contributed by atoms with Crippen molar-refractivity contribution in [3.63, 3.8) is 0 Å².